The van der Waals surface area contributed by atoms with Gasteiger partial charge in [-0.25, -0.2) is 8.42 Å². The lowest BCUT2D eigenvalue weighted by Gasteiger charge is -2.33. The maximum Gasteiger partial charge on any atom is 0.239 e. The molecule has 1 aliphatic rings. The van der Waals surface area contributed by atoms with Crippen LogP contribution in [0.5, 0.6) is 0 Å². The number of hydrogen-bond acceptors (Lipinski definition) is 4. The molecule has 0 bridgehead atoms. The number of amides is 1. The highest BCUT2D eigenvalue weighted by Gasteiger charge is 2.27. The summed E-state index contributed by atoms with van der Waals surface area (Å²) in [5, 5.41) is 8.61. The Morgan fingerprint density at radius 3 is 2.19 bits per heavy atom. The van der Waals surface area contributed by atoms with Gasteiger partial charge >= 0.3 is 0 Å². The normalized spacial score (nSPS) is 20.2. The molecule has 0 aromatic heterocycles. The number of carbonyl (C=O) groups excluding carboxylic acids is 1. The molecule has 1 fully saturated rings. The summed E-state index contributed by atoms with van der Waals surface area (Å²) in [6, 6.07) is 1.88. The average molecular weight is 245 g/mol. The summed E-state index contributed by atoms with van der Waals surface area (Å²) in [6.45, 7) is 2.88. The van der Waals surface area contributed by atoms with Crippen LogP contribution in [0.25, 0.3) is 0 Å². The minimum atomic E-state index is -3.17. The van der Waals surface area contributed by atoms with Gasteiger partial charge in [0.1, 0.15) is 5.92 Å². The van der Waals surface area contributed by atoms with E-state index in [1.165, 1.54) is 9.21 Å². The second-order valence-electron chi connectivity index (χ2n) is 3.84. The standard InChI is InChI=1S/C9H15N3O3S/c1-8(7-10)9(13)11-3-5-12(6-4-11)16(2,14)15/h8H,3-6H2,1-2H3. The molecular formula is C9H15N3O3S. The Balaban J connectivity index is 2.57. The van der Waals surface area contributed by atoms with E-state index in [9.17, 15) is 13.2 Å². The first-order chi connectivity index (χ1) is 7.36. The fraction of sp³-hybridized carbons (Fsp3) is 0.778. The van der Waals surface area contributed by atoms with Crippen molar-refractivity contribution in [3.63, 3.8) is 0 Å². The van der Waals surface area contributed by atoms with Gasteiger partial charge < -0.3 is 4.90 Å². The fourth-order valence-electron chi connectivity index (χ4n) is 1.57. The van der Waals surface area contributed by atoms with Crippen LogP contribution in [0, 0.1) is 17.2 Å². The van der Waals surface area contributed by atoms with Gasteiger partial charge in [-0.3, -0.25) is 4.79 Å². The monoisotopic (exact) mass is 245 g/mol. The molecule has 7 heteroatoms. The molecule has 0 spiro atoms. The maximum atomic E-state index is 11.6. The minimum absolute atomic E-state index is 0.226. The first-order valence-corrected chi connectivity index (χ1v) is 6.84. The predicted octanol–water partition coefficient (Wildman–Crippen LogP) is -0.750. The lowest BCUT2D eigenvalue weighted by atomic mass is 10.1. The third-order valence-electron chi connectivity index (χ3n) is 2.58. The Morgan fingerprint density at radius 1 is 1.31 bits per heavy atom. The molecular weight excluding hydrogens is 230 g/mol. The van der Waals surface area contributed by atoms with Gasteiger partial charge in [0.15, 0.2) is 0 Å². The van der Waals surface area contributed by atoms with Crippen molar-refractivity contribution in [3.05, 3.63) is 0 Å². The summed E-state index contributed by atoms with van der Waals surface area (Å²) in [5.74, 6) is -0.888. The lowest BCUT2D eigenvalue weighted by Crippen LogP contribution is -2.51. The number of nitrogens with zero attached hydrogens (tertiary/aromatic N) is 3. The van der Waals surface area contributed by atoms with Crippen LogP contribution in [0.2, 0.25) is 0 Å². The van der Waals surface area contributed by atoms with Crippen molar-refractivity contribution in [2.75, 3.05) is 32.4 Å². The van der Waals surface area contributed by atoms with Crippen molar-refractivity contribution in [1.82, 2.24) is 9.21 Å². The molecule has 1 atom stereocenters. The van der Waals surface area contributed by atoms with E-state index in [4.69, 9.17) is 5.26 Å². The number of nitriles is 1. The van der Waals surface area contributed by atoms with Crippen LogP contribution in [0.15, 0.2) is 0 Å². The Bertz CT molecular complexity index is 404. The van der Waals surface area contributed by atoms with Gasteiger partial charge in [0.2, 0.25) is 15.9 Å². The molecule has 16 heavy (non-hydrogen) atoms. The summed E-state index contributed by atoms with van der Waals surface area (Å²) in [4.78, 5) is 13.2. The van der Waals surface area contributed by atoms with E-state index in [1.54, 1.807) is 6.92 Å². The zero-order chi connectivity index (χ0) is 12.3. The van der Waals surface area contributed by atoms with Crippen LogP contribution in [0.4, 0.5) is 0 Å². The van der Waals surface area contributed by atoms with Crippen molar-refractivity contribution in [2.24, 2.45) is 5.92 Å². The summed E-state index contributed by atoms with van der Waals surface area (Å²) in [5.41, 5.74) is 0. The number of hydrogen-bond donors (Lipinski definition) is 0. The molecule has 0 aromatic carbocycles. The van der Waals surface area contributed by atoms with E-state index in [2.05, 4.69) is 0 Å². The molecule has 0 aromatic rings. The van der Waals surface area contributed by atoms with E-state index >= 15 is 0 Å². The molecule has 6 nitrogen and oxygen atoms in total. The van der Waals surface area contributed by atoms with Gasteiger partial charge in [-0.05, 0) is 6.92 Å². The highest BCUT2D eigenvalue weighted by atomic mass is 32.2. The minimum Gasteiger partial charge on any atom is -0.339 e. The first kappa shape index (κ1) is 12.9. The highest BCUT2D eigenvalue weighted by Crippen LogP contribution is 2.09. The van der Waals surface area contributed by atoms with Gasteiger partial charge in [0.25, 0.3) is 0 Å². The van der Waals surface area contributed by atoms with Crippen LogP contribution in [-0.2, 0) is 14.8 Å². The van der Waals surface area contributed by atoms with Crippen LogP contribution in [0.3, 0.4) is 0 Å². The Labute approximate surface area is 95.5 Å². The van der Waals surface area contributed by atoms with Gasteiger partial charge in [-0.2, -0.15) is 9.57 Å². The van der Waals surface area contributed by atoms with E-state index < -0.39 is 15.9 Å². The second-order valence-corrected chi connectivity index (χ2v) is 5.82. The van der Waals surface area contributed by atoms with Crippen molar-refractivity contribution >= 4 is 15.9 Å². The zero-order valence-electron chi connectivity index (χ0n) is 9.38. The third-order valence-corrected chi connectivity index (χ3v) is 3.89. The molecule has 0 radical (unpaired) electrons. The first-order valence-electron chi connectivity index (χ1n) is 5.00. The summed E-state index contributed by atoms with van der Waals surface area (Å²) in [7, 11) is -3.17. The van der Waals surface area contributed by atoms with E-state index in [-0.39, 0.29) is 5.91 Å². The van der Waals surface area contributed by atoms with Crippen LogP contribution >= 0.6 is 0 Å². The topological polar surface area (TPSA) is 81.5 Å². The van der Waals surface area contributed by atoms with Gasteiger partial charge in [-0.1, -0.05) is 0 Å². The van der Waals surface area contributed by atoms with E-state index in [0.717, 1.165) is 6.26 Å². The molecule has 1 heterocycles. The average Bonchev–Trinajstić information content (AvgIpc) is 2.26. The second kappa shape index (κ2) is 4.80. The quantitative estimate of drug-likeness (QED) is 0.641. The SMILES string of the molecule is CC(C#N)C(=O)N1CCN(S(C)(=O)=O)CC1. The zero-order valence-corrected chi connectivity index (χ0v) is 10.2. The predicted molar refractivity (Wildman–Crippen MR) is 57.8 cm³/mol. The molecule has 90 valence electrons. The number of piperazine rings is 1. The number of sulfonamides is 1. The molecule has 0 N–H and O–H groups in total. The summed E-state index contributed by atoms with van der Waals surface area (Å²) >= 11 is 0. The molecule has 0 saturated carbocycles. The van der Waals surface area contributed by atoms with E-state index in [1.807, 2.05) is 6.07 Å². The third kappa shape index (κ3) is 2.93. The van der Waals surface area contributed by atoms with E-state index in [0.29, 0.717) is 26.2 Å². The Morgan fingerprint density at radius 2 is 1.81 bits per heavy atom. The van der Waals surface area contributed by atoms with Crippen molar-refractivity contribution < 1.29 is 13.2 Å². The largest absolute Gasteiger partial charge is 0.339 e. The Kier molecular flexibility index (Phi) is 3.88. The number of carbonyl (C=O) groups is 1. The van der Waals surface area contributed by atoms with Crippen LogP contribution in [-0.4, -0.2) is 56.0 Å². The number of rotatable bonds is 2. The molecule has 1 saturated heterocycles. The summed E-state index contributed by atoms with van der Waals surface area (Å²) < 4.78 is 23.8. The Hall–Kier alpha value is -1.13. The van der Waals surface area contributed by atoms with Crippen LogP contribution in [0.1, 0.15) is 6.92 Å². The van der Waals surface area contributed by atoms with Crippen LogP contribution < -0.4 is 0 Å². The lowest BCUT2D eigenvalue weighted by molar-refractivity contribution is -0.134. The van der Waals surface area contributed by atoms with Crippen molar-refractivity contribution in [1.29, 1.82) is 5.26 Å². The molecule has 1 amide bonds. The molecule has 1 unspecified atom stereocenters. The highest BCUT2D eigenvalue weighted by molar-refractivity contribution is 7.88. The van der Waals surface area contributed by atoms with Crippen molar-refractivity contribution in [3.8, 4) is 6.07 Å². The smallest absolute Gasteiger partial charge is 0.239 e. The summed E-state index contributed by atoms with van der Waals surface area (Å²) in [6.07, 6.45) is 1.16. The van der Waals surface area contributed by atoms with Gasteiger partial charge in [0.05, 0.1) is 12.3 Å². The molecule has 1 aliphatic heterocycles. The fourth-order valence-corrected chi connectivity index (χ4v) is 2.40. The van der Waals surface area contributed by atoms with Gasteiger partial charge in [-0.15, -0.1) is 0 Å². The van der Waals surface area contributed by atoms with Gasteiger partial charge in [0, 0.05) is 26.2 Å². The molecule has 1 rings (SSSR count). The maximum absolute atomic E-state index is 11.6. The molecule has 0 aliphatic carbocycles. The van der Waals surface area contributed by atoms with Crippen molar-refractivity contribution in [2.45, 2.75) is 6.92 Å².